The number of anilines is 1. The average molecular weight is 539 g/mol. The fourth-order valence-corrected chi connectivity index (χ4v) is 5.70. The van der Waals surface area contributed by atoms with Gasteiger partial charge < -0.3 is 24.8 Å². The lowest BCUT2D eigenvalue weighted by Gasteiger charge is -2.37. The number of hydrogen-bond acceptors (Lipinski definition) is 6. The van der Waals surface area contributed by atoms with Crippen molar-refractivity contribution in [2.45, 2.75) is 12.1 Å². The van der Waals surface area contributed by atoms with E-state index in [1.54, 1.807) is 48.4 Å². The Morgan fingerprint density at radius 2 is 1.68 bits per heavy atom. The lowest BCUT2D eigenvalue weighted by atomic mass is 9.88. The second kappa shape index (κ2) is 10.0. The number of benzene rings is 3. The third-order valence-corrected chi connectivity index (χ3v) is 7.93. The first kappa shape index (κ1) is 25.4. The third kappa shape index (κ3) is 4.41. The highest BCUT2D eigenvalue weighted by molar-refractivity contribution is 6.08. The normalized spacial score (nSPS) is 20.3. The number of methoxy groups -OCH3 is 1. The van der Waals surface area contributed by atoms with Crippen LogP contribution in [0.15, 0.2) is 72.8 Å². The van der Waals surface area contributed by atoms with Crippen molar-refractivity contribution in [1.82, 2.24) is 20.4 Å². The molecule has 2 fully saturated rings. The van der Waals surface area contributed by atoms with Crippen LogP contribution in [0.2, 0.25) is 0 Å². The largest absolute Gasteiger partial charge is 0.497 e. The lowest BCUT2D eigenvalue weighted by molar-refractivity contribution is -0.124. The van der Waals surface area contributed by atoms with Crippen molar-refractivity contribution in [2.75, 3.05) is 44.7 Å². The molecule has 40 heavy (non-hydrogen) atoms. The van der Waals surface area contributed by atoms with Crippen LogP contribution in [0.5, 0.6) is 5.75 Å². The molecule has 1 atom stereocenters. The number of para-hydroxylation sites is 1. The summed E-state index contributed by atoms with van der Waals surface area (Å²) in [6.07, 6.45) is 0. The smallest absolute Gasteiger partial charge is 0.322 e. The van der Waals surface area contributed by atoms with Crippen LogP contribution in [0.4, 0.5) is 10.5 Å². The summed E-state index contributed by atoms with van der Waals surface area (Å²) in [5.74, 6) is 0.247. The van der Waals surface area contributed by atoms with Gasteiger partial charge in [-0.05, 0) is 35.4 Å². The van der Waals surface area contributed by atoms with Gasteiger partial charge in [0.25, 0.3) is 11.8 Å². The number of nitrogens with zero attached hydrogens (tertiary/aromatic N) is 3. The predicted molar refractivity (Wildman–Crippen MR) is 150 cm³/mol. The summed E-state index contributed by atoms with van der Waals surface area (Å²) in [4.78, 5) is 44.6. The highest BCUT2D eigenvalue weighted by atomic mass is 16.5. The zero-order valence-corrected chi connectivity index (χ0v) is 22.1. The summed E-state index contributed by atoms with van der Waals surface area (Å²) in [7, 11) is 1.54. The highest BCUT2D eigenvalue weighted by Gasteiger charge is 2.50. The van der Waals surface area contributed by atoms with Crippen LogP contribution in [0, 0.1) is 5.41 Å². The number of amidine groups is 1. The van der Waals surface area contributed by atoms with Crippen LogP contribution in [-0.4, -0.2) is 73.3 Å². The molecule has 4 amide bonds. The summed E-state index contributed by atoms with van der Waals surface area (Å²) < 4.78 is 5.26. The van der Waals surface area contributed by atoms with Gasteiger partial charge in [0.2, 0.25) is 0 Å². The van der Waals surface area contributed by atoms with Crippen molar-refractivity contribution in [3.05, 3.63) is 95.1 Å². The summed E-state index contributed by atoms with van der Waals surface area (Å²) in [5, 5.41) is 13.9. The summed E-state index contributed by atoms with van der Waals surface area (Å²) >= 11 is 0. The van der Waals surface area contributed by atoms with E-state index in [0.29, 0.717) is 34.8 Å². The molecule has 2 saturated heterocycles. The first-order chi connectivity index (χ1) is 19.4. The number of carbonyl (C=O) groups is 3. The van der Waals surface area contributed by atoms with E-state index in [9.17, 15) is 14.4 Å². The molecule has 3 aliphatic rings. The van der Waals surface area contributed by atoms with Gasteiger partial charge in [-0.25, -0.2) is 4.79 Å². The van der Waals surface area contributed by atoms with Crippen LogP contribution in [0.3, 0.4) is 0 Å². The number of amides is 4. The Kier molecular flexibility index (Phi) is 6.37. The Balaban J connectivity index is 1.19. The van der Waals surface area contributed by atoms with Crippen molar-refractivity contribution in [3.63, 3.8) is 0 Å². The maximum absolute atomic E-state index is 13.2. The molecule has 0 aromatic heterocycles. The molecule has 0 unspecified atom stereocenters. The van der Waals surface area contributed by atoms with E-state index in [4.69, 9.17) is 10.1 Å². The number of urea groups is 1. The number of hydrogen-bond donors (Lipinski definition) is 3. The Morgan fingerprint density at radius 1 is 0.950 bits per heavy atom. The molecule has 0 saturated carbocycles. The van der Waals surface area contributed by atoms with Crippen molar-refractivity contribution < 1.29 is 19.1 Å². The van der Waals surface area contributed by atoms with E-state index in [-0.39, 0.29) is 12.5 Å². The van der Waals surface area contributed by atoms with E-state index in [1.807, 2.05) is 29.2 Å². The van der Waals surface area contributed by atoms with Crippen molar-refractivity contribution in [1.29, 1.82) is 5.41 Å². The highest BCUT2D eigenvalue weighted by Crippen LogP contribution is 2.32. The molecule has 6 rings (SSSR count). The van der Waals surface area contributed by atoms with Gasteiger partial charge in [-0.15, -0.1) is 0 Å². The molecule has 3 N–H and O–H groups in total. The standard InChI is InChI=1S/C30H30N6O4/c1-40-24-12-9-21-18-36(27(37)25(21)17-24)19-30(28(38)32-29(39)33-30)22-10-7-20(8-11-22)26(31)35-15-13-34(14-16-35)23-5-3-2-4-6-23/h2-12,17,31H,13-16,18-19H2,1H3,(H2,32,33,38,39)/t30-/m0/s1. The second-order valence-electron chi connectivity index (χ2n) is 10.2. The van der Waals surface area contributed by atoms with E-state index >= 15 is 0 Å². The minimum atomic E-state index is -1.44. The second-order valence-corrected chi connectivity index (χ2v) is 10.2. The Labute approximate surface area is 232 Å². The van der Waals surface area contributed by atoms with Crippen LogP contribution in [0.25, 0.3) is 0 Å². The van der Waals surface area contributed by atoms with Crippen molar-refractivity contribution in [3.8, 4) is 5.75 Å². The summed E-state index contributed by atoms with van der Waals surface area (Å²) in [6, 6.07) is 22.1. The van der Waals surface area contributed by atoms with Gasteiger partial charge >= 0.3 is 6.03 Å². The van der Waals surface area contributed by atoms with Crippen molar-refractivity contribution in [2.24, 2.45) is 0 Å². The van der Waals surface area contributed by atoms with E-state index in [0.717, 1.165) is 31.7 Å². The van der Waals surface area contributed by atoms with E-state index in [2.05, 4.69) is 27.7 Å². The molecular weight excluding hydrogens is 508 g/mol. The van der Waals surface area contributed by atoms with Gasteiger partial charge in [0.05, 0.1) is 13.7 Å². The van der Waals surface area contributed by atoms with Crippen LogP contribution in [-0.2, 0) is 16.9 Å². The number of ether oxygens (including phenoxy) is 1. The Hall–Kier alpha value is -4.86. The quantitative estimate of drug-likeness (QED) is 0.252. The first-order valence-corrected chi connectivity index (χ1v) is 13.2. The zero-order chi connectivity index (χ0) is 27.9. The van der Waals surface area contributed by atoms with Gasteiger partial charge in [0.15, 0.2) is 5.54 Å². The monoisotopic (exact) mass is 538 g/mol. The van der Waals surface area contributed by atoms with Gasteiger partial charge in [-0.2, -0.15) is 0 Å². The summed E-state index contributed by atoms with van der Waals surface area (Å²) in [5.41, 5.74) is 2.35. The molecule has 3 aromatic carbocycles. The Bertz CT molecular complexity index is 1480. The fourth-order valence-electron chi connectivity index (χ4n) is 5.70. The SMILES string of the molecule is COc1ccc2c(c1)C(=O)N(C[C@@]1(c3ccc(C(=N)N4CCN(c5ccccc5)CC4)cc3)NC(=O)NC1=O)C2. The molecule has 3 aromatic rings. The molecule has 10 heteroatoms. The molecule has 0 aliphatic carbocycles. The van der Waals surface area contributed by atoms with Gasteiger partial charge in [-0.1, -0.05) is 48.5 Å². The fraction of sp³-hybridized carbons (Fsp3) is 0.267. The van der Waals surface area contributed by atoms with Crippen molar-refractivity contribution >= 4 is 29.4 Å². The molecule has 204 valence electrons. The summed E-state index contributed by atoms with van der Waals surface area (Å²) in [6.45, 7) is 3.37. The lowest BCUT2D eigenvalue weighted by Crippen LogP contribution is -2.52. The Morgan fingerprint density at radius 3 is 2.33 bits per heavy atom. The maximum atomic E-state index is 13.2. The van der Waals surface area contributed by atoms with Gasteiger partial charge in [-0.3, -0.25) is 20.3 Å². The molecular formula is C30H30N6O4. The van der Waals surface area contributed by atoms with Gasteiger partial charge in [0.1, 0.15) is 11.6 Å². The van der Waals surface area contributed by atoms with Crippen LogP contribution in [0.1, 0.15) is 27.0 Å². The first-order valence-electron chi connectivity index (χ1n) is 13.2. The molecule has 10 nitrogen and oxygen atoms in total. The number of rotatable bonds is 6. The van der Waals surface area contributed by atoms with Crippen LogP contribution >= 0.6 is 0 Å². The molecule has 3 aliphatic heterocycles. The number of imide groups is 1. The number of carbonyl (C=O) groups excluding carboxylic acids is 3. The van der Waals surface area contributed by atoms with Gasteiger partial charge in [0, 0.05) is 49.5 Å². The zero-order valence-electron chi connectivity index (χ0n) is 22.1. The number of piperazine rings is 1. The number of fused-ring (bicyclic) bond motifs is 1. The average Bonchev–Trinajstić information content (AvgIpc) is 3.46. The minimum absolute atomic E-state index is 0.0291. The third-order valence-electron chi connectivity index (χ3n) is 7.93. The molecule has 3 heterocycles. The molecule has 0 bridgehead atoms. The maximum Gasteiger partial charge on any atom is 0.322 e. The van der Waals surface area contributed by atoms with Crippen LogP contribution < -0.4 is 20.3 Å². The molecule has 0 spiro atoms. The number of nitrogens with one attached hydrogen (secondary N) is 3. The predicted octanol–water partition coefficient (Wildman–Crippen LogP) is 2.53. The van der Waals surface area contributed by atoms with E-state index < -0.39 is 17.5 Å². The minimum Gasteiger partial charge on any atom is -0.497 e. The molecule has 0 radical (unpaired) electrons. The topological polar surface area (TPSA) is 118 Å². The van der Waals surface area contributed by atoms with E-state index in [1.165, 1.54) is 5.69 Å².